The Morgan fingerprint density at radius 2 is 0.926 bits per heavy atom. The Kier molecular flexibility index (Phi) is 7.60. The fourth-order valence-corrected chi connectivity index (χ4v) is 3.17. The van der Waals surface area contributed by atoms with Gasteiger partial charge in [0.25, 0.3) is 0 Å². The van der Waals surface area contributed by atoms with Gasteiger partial charge >= 0.3 is 0 Å². The van der Waals surface area contributed by atoms with E-state index in [2.05, 4.69) is 76.2 Å². The predicted octanol–water partition coefficient (Wildman–Crippen LogP) is 5.25. The van der Waals surface area contributed by atoms with Crippen LogP contribution < -0.4 is 0 Å². The molecule has 2 aromatic carbocycles. The van der Waals surface area contributed by atoms with E-state index in [-0.39, 0.29) is 10.8 Å². The first-order valence-electron chi connectivity index (χ1n) is 9.53. The van der Waals surface area contributed by atoms with Gasteiger partial charge in [0.2, 0.25) is 0 Å². The number of hydrogen-bond donors (Lipinski definition) is 0. The Balaban J connectivity index is 1.94. The van der Waals surface area contributed by atoms with E-state index in [0.717, 1.165) is 0 Å². The third-order valence-electron chi connectivity index (χ3n) is 5.02. The maximum atomic E-state index is 6.18. The van der Waals surface area contributed by atoms with Gasteiger partial charge in [-0.1, -0.05) is 76.2 Å². The fraction of sp³-hybridized carbons (Fsp3) is 0.500. The van der Waals surface area contributed by atoms with Gasteiger partial charge in [-0.05, 0) is 22.3 Å². The minimum Gasteiger partial charge on any atom is -0.380 e. The molecule has 0 atom stereocenters. The minimum absolute atomic E-state index is 0.0377. The van der Waals surface area contributed by atoms with E-state index in [1.165, 1.54) is 22.3 Å². The van der Waals surface area contributed by atoms with Crippen LogP contribution in [0.4, 0.5) is 0 Å². The standard InChI is InChI=1S/C24H34O3/c1-23(2,21-11-7-19(8-12-21)15-25-5)17-27-18-24(3,4)22-13-9-20(10-14-22)16-26-6/h7-14H,15-18H2,1-6H3. The average molecular weight is 371 g/mol. The van der Waals surface area contributed by atoms with Gasteiger partial charge in [-0.25, -0.2) is 0 Å². The second-order valence-corrected chi connectivity index (χ2v) is 8.52. The normalized spacial score (nSPS) is 12.4. The molecular weight excluding hydrogens is 336 g/mol. The van der Waals surface area contributed by atoms with E-state index in [9.17, 15) is 0 Å². The number of benzene rings is 2. The van der Waals surface area contributed by atoms with E-state index in [1.807, 2.05) is 0 Å². The highest BCUT2D eigenvalue weighted by Crippen LogP contribution is 2.28. The van der Waals surface area contributed by atoms with Gasteiger partial charge < -0.3 is 14.2 Å². The molecule has 0 fully saturated rings. The van der Waals surface area contributed by atoms with Crippen LogP contribution in [-0.4, -0.2) is 27.4 Å². The molecule has 0 bridgehead atoms. The predicted molar refractivity (Wildman–Crippen MR) is 111 cm³/mol. The van der Waals surface area contributed by atoms with Crippen LogP contribution in [0.5, 0.6) is 0 Å². The quantitative estimate of drug-likeness (QED) is 0.571. The molecule has 0 aliphatic carbocycles. The molecule has 27 heavy (non-hydrogen) atoms. The lowest BCUT2D eigenvalue weighted by Crippen LogP contribution is -2.30. The van der Waals surface area contributed by atoms with Crippen molar-refractivity contribution in [1.82, 2.24) is 0 Å². The minimum atomic E-state index is -0.0377. The third kappa shape index (κ3) is 6.17. The Morgan fingerprint density at radius 3 is 1.22 bits per heavy atom. The lowest BCUT2D eigenvalue weighted by molar-refractivity contribution is 0.0633. The molecule has 0 radical (unpaired) electrons. The number of rotatable bonds is 10. The first kappa shape index (κ1) is 21.6. The van der Waals surface area contributed by atoms with Gasteiger partial charge in [0.15, 0.2) is 0 Å². The van der Waals surface area contributed by atoms with Crippen LogP contribution in [0, 0.1) is 0 Å². The molecule has 2 aromatic rings. The zero-order chi connectivity index (χ0) is 19.9. The number of ether oxygens (including phenoxy) is 3. The van der Waals surface area contributed by atoms with Crippen molar-refractivity contribution >= 4 is 0 Å². The van der Waals surface area contributed by atoms with Gasteiger partial charge in [-0.2, -0.15) is 0 Å². The Morgan fingerprint density at radius 1 is 0.593 bits per heavy atom. The first-order chi connectivity index (χ1) is 12.8. The van der Waals surface area contributed by atoms with Crippen molar-refractivity contribution in [3.05, 3.63) is 70.8 Å². The molecule has 0 spiro atoms. The molecule has 0 amide bonds. The molecule has 2 rings (SSSR count). The van der Waals surface area contributed by atoms with Crippen molar-refractivity contribution < 1.29 is 14.2 Å². The highest BCUT2D eigenvalue weighted by molar-refractivity contribution is 5.29. The van der Waals surface area contributed by atoms with E-state index in [1.54, 1.807) is 14.2 Å². The van der Waals surface area contributed by atoms with E-state index in [0.29, 0.717) is 26.4 Å². The largest absolute Gasteiger partial charge is 0.380 e. The Hall–Kier alpha value is -1.68. The van der Waals surface area contributed by atoms with Crippen LogP contribution in [0.15, 0.2) is 48.5 Å². The summed E-state index contributed by atoms with van der Waals surface area (Å²) in [6.45, 7) is 11.6. The van der Waals surface area contributed by atoms with Gasteiger partial charge in [-0.15, -0.1) is 0 Å². The number of hydrogen-bond acceptors (Lipinski definition) is 3. The van der Waals surface area contributed by atoms with Crippen LogP contribution in [0.2, 0.25) is 0 Å². The van der Waals surface area contributed by atoms with Crippen molar-refractivity contribution in [2.45, 2.75) is 51.7 Å². The summed E-state index contributed by atoms with van der Waals surface area (Å²) in [5, 5.41) is 0. The van der Waals surface area contributed by atoms with Crippen molar-refractivity contribution in [3.63, 3.8) is 0 Å². The summed E-state index contributed by atoms with van der Waals surface area (Å²) in [5.74, 6) is 0. The monoisotopic (exact) mass is 370 g/mol. The van der Waals surface area contributed by atoms with Crippen molar-refractivity contribution in [2.24, 2.45) is 0 Å². The average Bonchev–Trinajstić information content (AvgIpc) is 2.63. The molecule has 3 nitrogen and oxygen atoms in total. The van der Waals surface area contributed by atoms with Gasteiger partial charge in [0.05, 0.1) is 26.4 Å². The first-order valence-corrected chi connectivity index (χ1v) is 9.53. The molecule has 0 unspecified atom stereocenters. The summed E-state index contributed by atoms with van der Waals surface area (Å²) in [6, 6.07) is 17.2. The van der Waals surface area contributed by atoms with Crippen molar-refractivity contribution in [3.8, 4) is 0 Å². The lowest BCUT2D eigenvalue weighted by atomic mass is 9.84. The smallest absolute Gasteiger partial charge is 0.0713 e. The van der Waals surface area contributed by atoms with Crippen molar-refractivity contribution in [1.29, 1.82) is 0 Å². The molecule has 148 valence electrons. The third-order valence-corrected chi connectivity index (χ3v) is 5.02. The molecule has 3 heteroatoms. The molecule has 0 saturated carbocycles. The summed E-state index contributed by atoms with van der Waals surface area (Å²) >= 11 is 0. The van der Waals surface area contributed by atoms with E-state index < -0.39 is 0 Å². The van der Waals surface area contributed by atoms with E-state index in [4.69, 9.17) is 14.2 Å². The molecule has 0 aromatic heterocycles. The summed E-state index contributed by atoms with van der Waals surface area (Å²) in [5.41, 5.74) is 4.87. The highest BCUT2D eigenvalue weighted by Gasteiger charge is 2.25. The number of methoxy groups -OCH3 is 2. The molecule has 0 aliphatic heterocycles. The molecule has 0 aliphatic rings. The summed E-state index contributed by atoms with van der Waals surface area (Å²) in [6.07, 6.45) is 0. The molecule has 0 N–H and O–H groups in total. The second kappa shape index (κ2) is 9.50. The van der Waals surface area contributed by atoms with Crippen LogP contribution in [0.3, 0.4) is 0 Å². The van der Waals surface area contributed by atoms with E-state index >= 15 is 0 Å². The van der Waals surface area contributed by atoms with Crippen LogP contribution in [-0.2, 0) is 38.3 Å². The summed E-state index contributed by atoms with van der Waals surface area (Å²) in [7, 11) is 3.44. The van der Waals surface area contributed by atoms with Crippen LogP contribution in [0.25, 0.3) is 0 Å². The van der Waals surface area contributed by atoms with Crippen molar-refractivity contribution in [2.75, 3.05) is 27.4 Å². The van der Waals surface area contributed by atoms with Crippen LogP contribution >= 0.6 is 0 Å². The topological polar surface area (TPSA) is 27.7 Å². The second-order valence-electron chi connectivity index (χ2n) is 8.52. The molecular formula is C24H34O3. The van der Waals surface area contributed by atoms with Crippen LogP contribution in [0.1, 0.15) is 49.9 Å². The highest BCUT2D eigenvalue weighted by atomic mass is 16.5. The zero-order valence-electron chi connectivity index (χ0n) is 17.7. The fourth-order valence-electron chi connectivity index (χ4n) is 3.17. The van der Waals surface area contributed by atoms with Gasteiger partial charge in [0, 0.05) is 25.0 Å². The van der Waals surface area contributed by atoms with Gasteiger partial charge in [-0.3, -0.25) is 0 Å². The maximum absolute atomic E-state index is 6.18. The SMILES string of the molecule is COCc1ccc(C(C)(C)COCC(C)(C)c2ccc(COC)cc2)cc1. The van der Waals surface area contributed by atoms with Gasteiger partial charge in [0.1, 0.15) is 0 Å². The lowest BCUT2D eigenvalue weighted by Gasteiger charge is -2.30. The Bertz CT molecular complexity index is 623. The Labute approximate surface area is 164 Å². The summed E-state index contributed by atoms with van der Waals surface area (Å²) in [4.78, 5) is 0. The summed E-state index contributed by atoms with van der Waals surface area (Å²) < 4.78 is 16.6. The molecule has 0 saturated heterocycles. The molecule has 0 heterocycles. The zero-order valence-corrected chi connectivity index (χ0v) is 17.7. The maximum Gasteiger partial charge on any atom is 0.0713 e.